The summed E-state index contributed by atoms with van der Waals surface area (Å²) in [4.78, 5) is 17.5. The van der Waals surface area contributed by atoms with Crippen LogP contribution in [-0.2, 0) is 11.3 Å². The first-order chi connectivity index (χ1) is 20.1. The largest absolute Gasteiger partial charge is 0.417 e. The van der Waals surface area contributed by atoms with Gasteiger partial charge in [0.15, 0.2) is 0 Å². The number of hydrogen-bond donors (Lipinski definition) is 3. The number of carbonyl (C=O) groups is 1. The number of benzene rings is 2. The van der Waals surface area contributed by atoms with Crippen LogP contribution in [0.4, 0.5) is 28.9 Å². The number of likely N-dealkylation sites (N-methyl/N-ethyl adjacent to an activating group) is 1. The van der Waals surface area contributed by atoms with Crippen LogP contribution in [0.15, 0.2) is 72.1 Å². The Balaban J connectivity index is 1.42. The van der Waals surface area contributed by atoms with E-state index >= 15 is 4.39 Å². The van der Waals surface area contributed by atoms with Crippen LogP contribution in [0.2, 0.25) is 0 Å². The molecule has 2 fully saturated rings. The summed E-state index contributed by atoms with van der Waals surface area (Å²) >= 11 is 0. The van der Waals surface area contributed by atoms with E-state index in [1.165, 1.54) is 25.3 Å². The molecule has 2 aliphatic heterocycles. The van der Waals surface area contributed by atoms with Gasteiger partial charge < -0.3 is 25.8 Å². The highest BCUT2D eigenvalue weighted by molar-refractivity contribution is 6.09. The molecule has 0 aromatic heterocycles. The maximum atomic E-state index is 15.4. The lowest BCUT2D eigenvalue weighted by molar-refractivity contribution is -0.115. The average Bonchev–Trinajstić information content (AvgIpc) is 2.97. The van der Waals surface area contributed by atoms with Crippen LogP contribution in [0, 0.1) is 5.82 Å². The molecule has 2 aromatic rings. The van der Waals surface area contributed by atoms with Gasteiger partial charge in [-0.15, -0.1) is 0 Å². The Bertz CT molecular complexity index is 1390. The van der Waals surface area contributed by atoms with Crippen LogP contribution >= 0.6 is 0 Å². The Morgan fingerprint density at radius 1 is 1.05 bits per heavy atom. The molecule has 3 aliphatic rings. The van der Waals surface area contributed by atoms with Gasteiger partial charge in [0, 0.05) is 56.2 Å². The minimum atomic E-state index is -4.74. The molecule has 0 unspecified atom stereocenters. The van der Waals surface area contributed by atoms with E-state index in [9.17, 15) is 18.0 Å². The number of halogens is 4. The van der Waals surface area contributed by atoms with Gasteiger partial charge in [-0.25, -0.2) is 4.39 Å². The fraction of sp³-hybridized carbons (Fsp3) is 0.406. The van der Waals surface area contributed by atoms with Crippen LogP contribution in [0.1, 0.15) is 37.7 Å². The van der Waals surface area contributed by atoms with Crippen LogP contribution < -0.4 is 20.9 Å². The molecule has 1 aliphatic carbocycles. The van der Waals surface area contributed by atoms with Crippen molar-refractivity contribution in [1.29, 1.82) is 0 Å². The predicted molar refractivity (Wildman–Crippen MR) is 158 cm³/mol. The van der Waals surface area contributed by atoms with Gasteiger partial charge >= 0.3 is 6.18 Å². The van der Waals surface area contributed by atoms with E-state index in [0.29, 0.717) is 48.2 Å². The number of nitrogens with zero attached hydrogens (tertiary/aromatic N) is 2. The lowest BCUT2D eigenvalue weighted by Gasteiger charge is -2.35. The molecule has 1 saturated carbocycles. The number of allylic oxidation sites excluding steroid dienone is 1. The zero-order valence-corrected chi connectivity index (χ0v) is 23.8. The van der Waals surface area contributed by atoms with Crippen molar-refractivity contribution in [1.82, 2.24) is 15.5 Å². The molecule has 0 atom stereocenters. The number of hydrogen-bond acceptors (Lipinski definition) is 5. The number of anilines is 2. The quantitative estimate of drug-likeness (QED) is 0.344. The van der Waals surface area contributed by atoms with Crippen molar-refractivity contribution in [3.8, 4) is 11.1 Å². The third kappa shape index (κ3) is 7.04. The van der Waals surface area contributed by atoms with Gasteiger partial charge in [0.2, 0.25) is 0 Å². The predicted octanol–water partition coefficient (Wildman–Crippen LogP) is 6.09. The van der Waals surface area contributed by atoms with E-state index in [-0.39, 0.29) is 5.70 Å². The lowest BCUT2D eigenvalue weighted by atomic mass is 9.95. The Labute approximate surface area is 244 Å². The normalized spacial score (nSPS) is 18.8. The monoisotopic (exact) mass is 583 g/mol. The molecular weight excluding hydrogens is 546 g/mol. The van der Waals surface area contributed by atoms with Gasteiger partial charge in [-0.3, -0.25) is 4.79 Å². The Kier molecular flexibility index (Phi) is 9.03. The van der Waals surface area contributed by atoms with Crippen molar-refractivity contribution in [3.05, 3.63) is 83.5 Å². The second kappa shape index (κ2) is 12.7. The molecule has 42 heavy (non-hydrogen) atoms. The molecule has 0 spiro atoms. The molecule has 224 valence electrons. The van der Waals surface area contributed by atoms with E-state index < -0.39 is 29.0 Å². The van der Waals surface area contributed by atoms with Crippen molar-refractivity contribution >= 4 is 17.3 Å². The maximum Gasteiger partial charge on any atom is 0.417 e. The van der Waals surface area contributed by atoms with Crippen molar-refractivity contribution < 1.29 is 22.4 Å². The van der Waals surface area contributed by atoms with Crippen LogP contribution in [-0.4, -0.2) is 56.3 Å². The topological polar surface area (TPSA) is 59.6 Å². The smallest absolute Gasteiger partial charge is 0.367 e. The number of rotatable bonds is 7. The zero-order chi connectivity index (χ0) is 29.9. The first kappa shape index (κ1) is 29.8. The van der Waals surface area contributed by atoms with Crippen molar-refractivity contribution in [2.45, 2.75) is 50.9 Å². The molecule has 1 amide bonds. The summed E-state index contributed by atoms with van der Waals surface area (Å²) < 4.78 is 56.7. The summed E-state index contributed by atoms with van der Waals surface area (Å²) in [5.41, 5.74) is 1.10. The standard InChI is InChI=1S/C32H37F4N5O/c1-21-16-27(32(34,35)36)26(20-37-21)31(42)39-29-18-23(9-11-30(29)41-14-12-40(2)13-15-41)25-10-8-22(17-28(25)33)19-38-24-6-4-3-5-7-24/h8-11,16-18,20,24,37-38H,1,3-7,12-15,19H2,2H3,(H,39,42). The third-order valence-electron chi connectivity index (χ3n) is 8.19. The average molecular weight is 584 g/mol. The number of carbonyl (C=O) groups excluding carboxylic acids is 1. The van der Waals surface area contributed by atoms with E-state index in [1.54, 1.807) is 24.3 Å². The Morgan fingerprint density at radius 3 is 2.48 bits per heavy atom. The molecule has 0 radical (unpaired) electrons. The summed E-state index contributed by atoms with van der Waals surface area (Å²) in [7, 11) is 2.02. The van der Waals surface area contributed by atoms with Gasteiger partial charge in [-0.05, 0) is 55.3 Å². The summed E-state index contributed by atoms with van der Waals surface area (Å²) in [5, 5.41) is 8.82. The highest BCUT2D eigenvalue weighted by atomic mass is 19.4. The molecule has 10 heteroatoms. The fourth-order valence-corrected chi connectivity index (χ4v) is 5.75. The van der Waals surface area contributed by atoms with Gasteiger partial charge in [0.05, 0.1) is 22.5 Å². The number of piperazine rings is 1. The first-order valence-electron chi connectivity index (χ1n) is 14.4. The maximum absolute atomic E-state index is 15.4. The van der Waals surface area contributed by atoms with Crippen molar-refractivity contribution in [2.75, 3.05) is 43.4 Å². The minimum Gasteiger partial charge on any atom is -0.367 e. The van der Waals surface area contributed by atoms with E-state index in [2.05, 4.69) is 32.3 Å². The van der Waals surface area contributed by atoms with E-state index in [4.69, 9.17) is 0 Å². The van der Waals surface area contributed by atoms with Crippen molar-refractivity contribution in [2.24, 2.45) is 0 Å². The van der Waals surface area contributed by atoms with E-state index in [0.717, 1.165) is 43.8 Å². The molecule has 2 heterocycles. The highest BCUT2D eigenvalue weighted by Gasteiger charge is 2.39. The molecule has 2 aromatic carbocycles. The van der Waals surface area contributed by atoms with Gasteiger partial charge in [-0.2, -0.15) is 13.2 Å². The summed E-state index contributed by atoms with van der Waals surface area (Å²) in [6.07, 6.45) is 3.05. The molecule has 0 bridgehead atoms. The molecule has 3 N–H and O–H groups in total. The van der Waals surface area contributed by atoms with Gasteiger partial charge in [0.25, 0.3) is 5.91 Å². The number of dihydropyridines is 1. The Hall–Kier alpha value is -3.63. The van der Waals surface area contributed by atoms with Gasteiger partial charge in [0.1, 0.15) is 5.82 Å². The fourth-order valence-electron chi connectivity index (χ4n) is 5.75. The number of alkyl halides is 3. The van der Waals surface area contributed by atoms with Crippen LogP contribution in [0.3, 0.4) is 0 Å². The minimum absolute atomic E-state index is 0.0341. The zero-order valence-electron chi connectivity index (χ0n) is 23.8. The molecule has 6 nitrogen and oxygen atoms in total. The highest BCUT2D eigenvalue weighted by Crippen LogP contribution is 2.37. The van der Waals surface area contributed by atoms with Crippen molar-refractivity contribution in [3.63, 3.8) is 0 Å². The number of amides is 1. The van der Waals surface area contributed by atoms with Crippen LogP contribution in [0.25, 0.3) is 11.1 Å². The van der Waals surface area contributed by atoms with Crippen LogP contribution in [0.5, 0.6) is 0 Å². The van der Waals surface area contributed by atoms with Gasteiger partial charge in [-0.1, -0.05) is 44.0 Å². The third-order valence-corrected chi connectivity index (χ3v) is 8.19. The lowest BCUT2D eigenvalue weighted by Crippen LogP contribution is -2.44. The molecular formula is C32H37F4N5O. The Morgan fingerprint density at radius 2 is 1.79 bits per heavy atom. The second-order valence-electron chi connectivity index (χ2n) is 11.3. The SMILES string of the molecule is C=C1C=C(C(F)(F)F)C(C(=O)Nc2cc(-c3ccc(CNC4CCCCC4)cc3F)ccc2N2CCN(C)CC2)=CN1. The summed E-state index contributed by atoms with van der Waals surface area (Å²) in [6.45, 7) is 7.03. The summed E-state index contributed by atoms with van der Waals surface area (Å²) in [5.74, 6) is -1.32. The van der Waals surface area contributed by atoms with E-state index in [1.807, 2.05) is 13.1 Å². The number of nitrogens with one attached hydrogen (secondary N) is 3. The summed E-state index contributed by atoms with van der Waals surface area (Å²) in [6, 6.07) is 10.8. The first-order valence-corrected chi connectivity index (χ1v) is 14.4. The molecule has 1 saturated heterocycles. The second-order valence-corrected chi connectivity index (χ2v) is 11.3. The molecule has 5 rings (SSSR count).